The predicted octanol–water partition coefficient (Wildman–Crippen LogP) is 9.46. The summed E-state index contributed by atoms with van der Waals surface area (Å²) in [6.07, 6.45) is 2.00. The zero-order valence-corrected chi connectivity index (χ0v) is 47.9. The van der Waals surface area contributed by atoms with Crippen LogP contribution in [0.2, 0.25) is 0 Å². The van der Waals surface area contributed by atoms with E-state index >= 15 is 4.39 Å². The number of β-amino-alcohol motifs (C(OH)–C–C–N with tert-alkyl or cyclic N) is 1. The minimum Gasteiger partial charge on any atom is -0.391 e. The second kappa shape index (κ2) is 27.2. The van der Waals surface area contributed by atoms with E-state index < -0.39 is 70.0 Å². The van der Waals surface area contributed by atoms with Gasteiger partial charge in [0.25, 0.3) is 11.8 Å². The minimum atomic E-state index is -4.99. The molecule has 5 amide bonds. The van der Waals surface area contributed by atoms with Crippen molar-refractivity contribution in [3.8, 4) is 21.6 Å². The van der Waals surface area contributed by atoms with Gasteiger partial charge in [-0.2, -0.15) is 13.2 Å². The Morgan fingerprint density at radius 3 is 2.11 bits per heavy atom. The summed E-state index contributed by atoms with van der Waals surface area (Å²) in [5.41, 5.74) is 2.00. The number of halogens is 4. The number of nitrogens with zero attached hydrogens (tertiary/aromatic N) is 4. The van der Waals surface area contributed by atoms with Crippen molar-refractivity contribution in [3.05, 3.63) is 123 Å². The van der Waals surface area contributed by atoms with Gasteiger partial charge in [-0.25, -0.2) is 9.37 Å². The van der Waals surface area contributed by atoms with Crippen LogP contribution in [0.4, 0.5) is 28.9 Å². The molecule has 0 saturated carbocycles. The Balaban J connectivity index is 0.822. The summed E-state index contributed by atoms with van der Waals surface area (Å²) >= 11 is 1.56. The Hall–Kier alpha value is -6.97. The maximum atomic E-state index is 15.9. The zero-order valence-electron chi connectivity index (χ0n) is 47.1. The molecular formula is C60H75F4N9O7S. The van der Waals surface area contributed by atoms with Gasteiger partial charge >= 0.3 is 6.18 Å². The van der Waals surface area contributed by atoms with Crippen molar-refractivity contribution in [2.45, 2.75) is 149 Å². The molecule has 5 aromatic rings. The number of hydrogen-bond acceptors (Lipinski definition) is 11. The molecule has 0 unspecified atom stereocenters. The van der Waals surface area contributed by atoms with Crippen molar-refractivity contribution in [1.29, 1.82) is 0 Å². The van der Waals surface area contributed by atoms with Gasteiger partial charge in [0.1, 0.15) is 17.9 Å². The number of H-pyrrole nitrogens is 1. The Labute approximate surface area is 474 Å². The number of benzene rings is 3. The van der Waals surface area contributed by atoms with E-state index in [0.29, 0.717) is 49.8 Å². The lowest BCUT2D eigenvalue weighted by molar-refractivity contribution is -0.144. The third-order valence-corrected chi connectivity index (χ3v) is 16.3. The number of amides is 5. The largest absolute Gasteiger partial charge is 0.417 e. The molecular weight excluding hydrogens is 1070 g/mol. The molecule has 5 atom stereocenters. The van der Waals surface area contributed by atoms with E-state index in [9.17, 15) is 47.0 Å². The van der Waals surface area contributed by atoms with Gasteiger partial charge in [0.2, 0.25) is 23.3 Å². The number of aromatic nitrogens is 2. The van der Waals surface area contributed by atoms with Crippen LogP contribution in [0.5, 0.6) is 0 Å². The number of alkyl halides is 3. The van der Waals surface area contributed by atoms with Crippen molar-refractivity contribution >= 4 is 52.2 Å². The number of unbranched alkanes of at least 4 members (excludes halogenated alkanes) is 7. The number of aromatic amines is 1. The summed E-state index contributed by atoms with van der Waals surface area (Å²) < 4.78 is 57.7. The molecule has 16 nitrogen and oxygen atoms in total. The number of likely N-dealkylation sites (tertiary alicyclic amines) is 1. The van der Waals surface area contributed by atoms with Crippen molar-refractivity contribution < 1.29 is 46.6 Å². The van der Waals surface area contributed by atoms with Crippen LogP contribution in [0.1, 0.15) is 136 Å². The van der Waals surface area contributed by atoms with Gasteiger partial charge in [-0.3, -0.25) is 33.7 Å². The number of likely N-dealkylation sites (N-methyl/N-ethyl adjacent to an activating group) is 1. The number of aryl methyl sites for hydroxylation is 1. The molecule has 2 aliphatic heterocycles. The first-order valence-corrected chi connectivity index (χ1v) is 28.6. The van der Waals surface area contributed by atoms with E-state index in [4.69, 9.17) is 0 Å². The lowest BCUT2D eigenvalue weighted by Crippen LogP contribution is -2.57. The van der Waals surface area contributed by atoms with Gasteiger partial charge in [-0.05, 0) is 87.0 Å². The first-order chi connectivity index (χ1) is 38.4. The Morgan fingerprint density at radius 2 is 1.48 bits per heavy atom. The summed E-state index contributed by atoms with van der Waals surface area (Å²) in [4.78, 5) is 92.3. The van der Waals surface area contributed by atoms with E-state index in [-0.39, 0.29) is 66.6 Å². The number of nitrogens with one attached hydrogen (secondary N) is 5. The fraction of sp³-hybridized carbons (Fsp3) is 0.483. The lowest BCUT2D eigenvalue weighted by atomic mass is 9.85. The average Bonchev–Trinajstić information content (AvgIpc) is 4.22. The van der Waals surface area contributed by atoms with Crippen LogP contribution in [0.25, 0.3) is 21.6 Å². The van der Waals surface area contributed by atoms with Gasteiger partial charge in [-0.1, -0.05) is 95.7 Å². The number of carbonyl (C=O) groups is 5. The third kappa shape index (κ3) is 16.2. The van der Waals surface area contributed by atoms with Crippen LogP contribution in [-0.4, -0.2) is 118 Å². The van der Waals surface area contributed by atoms with Crippen LogP contribution in [0.15, 0.2) is 83.2 Å². The highest BCUT2D eigenvalue weighted by Crippen LogP contribution is 2.37. The average molecular weight is 1140 g/mol. The van der Waals surface area contributed by atoms with E-state index in [1.165, 1.54) is 23.1 Å². The zero-order chi connectivity index (χ0) is 58.8. The Morgan fingerprint density at radius 1 is 0.827 bits per heavy atom. The van der Waals surface area contributed by atoms with Crippen molar-refractivity contribution in [3.63, 3.8) is 0 Å². The molecule has 4 heterocycles. The maximum Gasteiger partial charge on any atom is 0.417 e. The summed E-state index contributed by atoms with van der Waals surface area (Å²) in [6, 6.07) is 15.5. The third-order valence-electron chi connectivity index (χ3n) is 15.3. The van der Waals surface area contributed by atoms with Crippen molar-refractivity contribution in [2.75, 3.05) is 43.4 Å². The minimum absolute atomic E-state index is 0.00856. The first kappa shape index (κ1) is 61.6. The molecule has 2 aliphatic rings. The van der Waals surface area contributed by atoms with Crippen molar-refractivity contribution in [1.82, 2.24) is 35.7 Å². The number of piperazine rings is 1. The first-order valence-electron chi connectivity index (χ1n) is 27.7. The lowest BCUT2D eigenvalue weighted by Gasteiger charge is -2.44. The summed E-state index contributed by atoms with van der Waals surface area (Å²) in [7, 11) is 2.00. The monoisotopic (exact) mass is 1140 g/mol. The standard InChI is InChI=1S/C60H75F4N9O7S/c1-36-32-72(33-37(2)71(36)7)49-24-22-41(27-48(49)69-56(78)45-31-66-52(76)29-46(45)60(62,63)64)44-23-21-42(26-47(44)61)55(77)65-25-15-13-11-9-8-10-12-14-16-51(75)70-54(59(4,5)6)58(80)73-34-43(74)28-50(73)57(79)67-30-39-17-19-40(20-18-39)53-38(3)68-35-81-53/h17-24,26-27,29,31,35-37,43,50,54,74H,8-16,25,28,30,32-34H2,1-7H3,(H,65,77)(H,66,76)(H,67,79)(H,69,78)(H,70,75)/t36-,37+,43-,50+,54-/m1/s1. The topological polar surface area (TPSA) is 209 Å². The van der Waals surface area contributed by atoms with E-state index in [0.717, 1.165) is 72.5 Å². The van der Waals surface area contributed by atoms with Gasteiger partial charge in [0.15, 0.2) is 0 Å². The fourth-order valence-electron chi connectivity index (χ4n) is 10.4. The molecule has 2 fully saturated rings. The molecule has 0 bridgehead atoms. The molecule has 7 rings (SSSR count). The molecule has 21 heteroatoms. The quantitative estimate of drug-likeness (QED) is 0.0286. The molecule has 2 saturated heterocycles. The number of thiazole rings is 1. The molecule has 81 heavy (non-hydrogen) atoms. The van der Waals surface area contributed by atoms with E-state index in [1.807, 2.05) is 77.8 Å². The van der Waals surface area contributed by atoms with Crippen molar-refractivity contribution in [2.24, 2.45) is 5.41 Å². The van der Waals surface area contributed by atoms with Gasteiger partial charge < -0.3 is 41.2 Å². The SMILES string of the molecule is Cc1ncsc1-c1ccc(CNC(=O)[C@@H]2C[C@@H](O)CN2C(=O)[C@@H](NC(=O)CCCCCCCCCCNC(=O)c2ccc(-c3ccc(N4C[C@@H](C)N(C)[C@@H](C)C4)c(NC(=O)c4c[nH]c(=O)cc4C(F)(F)F)c3)c(F)c2)C(C)(C)C)cc1. The highest BCUT2D eigenvalue weighted by molar-refractivity contribution is 7.13. The number of pyridine rings is 1. The van der Waals surface area contributed by atoms with E-state index in [1.54, 1.807) is 29.0 Å². The summed E-state index contributed by atoms with van der Waals surface area (Å²) in [5, 5.41) is 21.9. The van der Waals surface area contributed by atoms with Gasteiger partial charge in [-0.15, -0.1) is 11.3 Å². The molecule has 436 valence electrons. The van der Waals surface area contributed by atoms with Crippen LogP contribution in [0.3, 0.4) is 0 Å². The van der Waals surface area contributed by atoms with Crippen LogP contribution in [0, 0.1) is 18.2 Å². The number of hydrogen-bond donors (Lipinski definition) is 6. The number of aliphatic hydroxyl groups is 1. The van der Waals surface area contributed by atoms with Crippen LogP contribution in [-0.2, 0) is 27.1 Å². The predicted molar refractivity (Wildman–Crippen MR) is 306 cm³/mol. The number of rotatable bonds is 22. The van der Waals surface area contributed by atoms with Crippen LogP contribution >= 0.6 is 11.3 Å². The van der Waals surface area contributed by atoms with Crippen LogP contribution < -0.4 is 31.7 Å². The Kier molecular flexibility index (Phi) is 20.7. The smallest absolute Gasteiger partial charge is 0.391 e. The highest BCUT2D eigenvalue weighted by Gasteiger charge is 2.44. The van der Waals surface area contributed by atoms with E-state index in [2.05, 4.69) is 36.1 Å². The van der Waals surface area contributed by atoms with Gasteiger partial charge in [0.05, 0.1) is 44.7 Å². The second-order valence-electron chi connectivity index (χ2n) is 22.5. The molecule has 0 aliphatic carbocycles. The number of carbonyl (C=O) groups excluding carboxylic acids is 5. The normalized spacial score (nSPS) is 18.1. The second-order valence-corrected chi connectivity index (χ2v) is 23.4. The Bertz CT molecular complexity index is 3080. The number of anilines is 2. The fourth-order valence-corrected chi connectivity index (χ4v) is 11.3. The van der Waals surface area contributed by atoms with Gasteiger partial charge in [0, 0.05) is 81.0 Å². The molecule has 6 N–H and O–H groups in total. The highest BCUT2D eigenvalue weighted by atomic mass is 32.1. The molecule has 2 aromatic heterocycles. The molecule has 0 radical (unpaired) electrons. The summed E-state index contributed by atoms with van der Waals surface area (Å²) in [6.45, 7) is 13.3. The number of aliphatic hydroxyl groups excluding tert-OH is 1. The summed E-state index contributed by atoms with van der Waals surface area (Å²) in [5.74, 6) is -3.31. The molecule has 3 aromatic carbocycles. The molecule has 0 spiro atoms. The maximum absolute atomic E-state index is 15.9.